The van der Waals surface area contributed by atoms with Crippen LogP contribution in [0.3, 0.4) is 0 Å². The minimum absolute atomic E-state index is 0.0474. The van der Waals surface area contributed by atoms with Gasteiger partial charge in [0, 0.05) is 37.2 Å². The predicted octanol–water partition coefficient (Wildman–Crippen LogP) is 10.2. The lowest BCUT2D eigenvalue weighted by Crippen LogP contribution is -2.29. The highest BCUT2D eigenvalue weighted by Gasteiger charge is 2.22. The Morgan fingerprint density at radius 1 is 0.612 bits per heavy atom. The van der Waals surface area contributed by atoms with Gasteiger partial charge in [0.2, 0.25) is 0 Å². The van der Waals surface area contributed by atoms with E-state index in [-0.39, 0.29) is 5.92 Å². The minimum atomic E-state index is 0.0474. The molecule has 232 valence electrons. The molecule has 0 N–H and O–H groups in total. The molecule has 0 saturated heterocycles. The van der Waals surface area contributed by atoms with Crippen LogP contribution in [0, 0.1) is 0 Å². The van der Waals surface area contributed by atoms with Crippen LogP contribution in [0.25, 0.3) is 76.4 Å². The van der Waals surface area contributed by atoms with Gasteiger partial charge in [0.15, 0.2) is 11.6 Å². The fraction of sp³-hybridized carbons (Fsp3) is 0.0889. The second-order valence-corrected chi connectivity index (χ2v) is 14.1. The molecule has 8 aromatic rings. The zero-order chi connectivity index (χ0) is 32.3. The largest absolute Gasteiger partial charge is 0.213 e. The Morgan fingerprint density at radius 2 is 1.39 bits per heavy atom. The molecule has 3 nitrogen and oxygen atoms in total. The first-order valence-electron chi connectivity index (χ1n) is 17.0. The van der Waals surface area contributed by atoms with Crippen molar-refractivity contribution in [3.05, 3.63) is 161 Å². The summed E-state index contributed by atoms with van der Waals surface area (Å²) in [5, 5.41) is 10.2. The zero-order valence-corrected chi connectivity index (χ0v) is 27.6. The quantitative estimate of drug-likeness (QED) is 0.191. The van der Waals surface area contributed by atoms with E-state index < -0.39 is 0 Å². The molecule has 1 atom stereocenters. The number of allylic oxidation sites excluding steroid dienone is 4. The maximum atomic E-state index is 5.29. The van der Waals surface area contributed by atoms with E-state index in [4.69, 9.17) is 15.0 Å². The lowest BCUT2D eigenvalue weighted by Gasteiger charge is -2.19. The van der Waals surface area contributed by atoms with Crippen molar-refractivity contribution in [2.75, 3.05) is 0 Å². The van der Waals surface area contributed by atoms with Gasteiger partial charge in [-0.05, 0) is 80.6 Å². The number of fused-ring (bicyclic) bond motifs is 8. The van der Waals surface area contributed by atoms with Gasteiger partial charge in [0.25, 0.3) is 0 Å². The molecule has 6 aromatic carbocycles. The Balaban J connectivity index is 1.17. The Hall–Kier alpha value is -5.71. The SMILES string of the molecule is C1=CC(c2ccccc2)=C(c2nc(-c3ccc4sc5c6ccccc6ccc5c4c3)nc(C3C=c4ccc5ccccc5c4=CC3)n2)CC1. The number of hydrogen-bond acceptors (Lipinski definition) is 4. The van der Waals surface area contributed by atoms with Gasteiger partial charge in [0.1, 0.15) is 5.82 Å². The van der Waals surface area contributed by atoms with Gasteiger partial charge >= 0.3 is 0 Å². The smallest absolute Gasteiger partial charge is 0.163 e. The molecule has 10 rings (SSSR count). The van der Waals surface area contributed by atoms with Crippen LogP contribution in [0.1, 0.15) is 42.4 Å². The number of benzene rings is 6. The Kier molecular flexibility index (Phi) is 6.63. The van der Waals surface area contributed by atoms with Gasteiger partial charge in [-0.3, -0.25) is 0 Å². The average Bonchev–Trinajstić information content (AvgIpc) is 3.56. The van der Waals surface area contributed by atoms with E-state index >= 15 is 0 Å². The second kappa shape index (κ2) is 11.5. The van der Waals surface area contributed by atoms with E-state index in [1.165, 1.54) is 68.9 Å². The molecule has 0 saturated carbocycles. The molecule has 4 heteroatoms. The van der Waals surface area contributed by atoms with Crippen molar-refractivity contribution in [2.45, 2.75) is 25.2 Å². The molecule has 49 heavy (non-hydrogen) atoms. The maximum Gasteiger partial charge on any atom is 0.163 e. The third-order valence-corrected chi connectivity index (χ3v) is 11.3. The summed E-state index contributed by atoms with van der Waals surface area (Å²) in [4.78, 5) is 15.8. The van der Waals surface area contributed by atoms with Crippen LogP contribution in [0.2, 0.25) is 0 Å². The molecular weight excluding hydrogens is 615 g/mol. The highest BCUT2D eigenvalue weighted by atomic mass is 32.1. The third-order valence-electron chi connectivity index (χ3n) is 10.1. The summed E-state index contributed by atoms with van der Waals surface area (Å²) in [7, 11) is 0. The van der Waals surface area contributed by atoms with Gasteiger partial charge in [0.05, 0.1) is 0 Å². The highest BCUT2D eigenvalue weighted by molar-refractivity contribution is 7.26. The number of hydrogen-bond donors (Lipinski definition) is 0. The van der Waals surface area contributed by atoms with Gasteiger partial charge in [-0.25, -0.2) is 15.0 Å². The molecular formula is C45H31N3S. The van der Waals surface area contributed by atoms with E-state index in [1.807, 2.05) is 11.3 Å². The summed E-state index contributed by atoms with van der Waals surface area (Å²) in [5.74, 6) is 2.38. The Morgan fingerprint density at radius 3 is 2.29 bits per heavy atom. The van der Waals surface area contributed by atoms with E-state index in [1.54, 1.807) is 0 Å². The predicted molar refractivity (Wildman–Crippen MR) is 207 cm³/mol. The molecule has 1 unspecified atom stereocenters. The topological polar surface area (TPSA) is 38.7 Å². The molecule has 0 fully saturated rings. The summed E-state index contributed by atoms with van der Waals surface area (Å²) in [5.41, 5.74) is 4.58. The summed E-state index contributed by atoms with van der Waals surface area (Å²) in [6.07, 6.45) is 11.9. The Bertz CT molecular complexity index is 2810. The second-order valence-electron chi connectivity index (χ2n) is 13.0. The molecule has 0 spiro atoms. The van der Waals surface area contributed by atoms with Crippen LogP contribution in [-0.2, 0) is 0 Å². The van der Waals surface area contributed by atoms with E-state index in [0.717, 1.165) is 42.3 Å². The zero-order valence-electron chi connectivity index (χ0n) is 26.8. The number of rotatable bonds is 4. The van der Waals surface area contributed by atoms with Crippen molar-refractivity contribution >= 4 is 76.4 Å². The third kappa shape index (κ3) is 4.82. The molecule has 0 radical (unpaired) electrons. The van der Waals surface area contributed by atoms with Gasteiger partial charge < -0.3 is 0 Å². The van der Waals surface area contributed by atoms with Crippen molar-refractivity contribution in [1.29, 1.82) is 0 Å². The summed E-state index contributed by atoms with van der Waals surface area (Å²) < 4.78 is 2.60. The van der Waals surface area contributed by atoms with Crippen molar-refractivity contribution in [1.82, 2.24) is 15.0 Å². The molecule has 2 aliphatic rings. The average molecular weight is 646 g/mol. The summed E-state index contributed by atoms with van der Waals surface area (Å²) in [6, 6.07) is 43.6. The first-order valence-corrected chi connectivity index (χ1v) is 17.8. The van der Waals surface area contributed by atoms with Crippen molar-refractivity contribution in [2.24, 2.45) is 0 Å². The lowest BCUT2D eigenvalue weighted by atomic mass is 9.91. The normalized spacial score (nSPS) is 15.9. The summed E-state index contributed by atoms with van der Waals surface area (Å²) >= 11 is 1.86. The number of nitrogens with zero attached hydrogens (tertiary/aromatic N) is 3. The first kappa shape index (κ1) is 28.3. The maximum absolute atomic E-state index is 5.29. The first-order chi connectivity index (χ1) is 24.3. The van der Waals surface area contributed by atoms with Gasteiger partial charge in [-0.15, -0.1) is 11.3 Å². The van der Waals surface area contributed by atoms with Crippen LogP contribution in [-0.4, -0.2) is 15.0 Å². The molecule has 2 aliphatic carbocycles. The van der Waals surface area contributed by atoms with Crippen molar-refractivity contribution in [3.63, 3.8) is 0 Å². The fourth-order valence-corrected chi connectivity index (χ4v) is 8.86. The highest BCUT2D eigenvalue weighted by Crippen LogP contribution is 2.40. The van der Waals surface area contributed by atoms with Crippen LogP contribution >= 0.6 is 11.3 Å². The molecule has 0 aliphatic heterocycles. The number of thiophene rings is 1. The van der Waals surface area contributed by atoms with Crippen LogP contribution in [0.5, 0.6) is 0 Å². The van der Waals surface area contributed by atoms with Gasteiger partial charge in [-0.1, -0.05) is 127 Å². The molecule has 2 heterocycles. The van der Waals surface area contributed by atoms with Gasteiger partial charge in [-0.2, -0.15) is 0 Å². The van der Waals surface area contributed by atoms with Crippen LogP contribution < -0.4 is 10.4 Å². The van der Waals surface area contributed by atoms with Crippen molar-refractivity contribution in [3.8, 4) is 11.4 Å². The van der Waals surface area contributed by atoms with E-state index in [9.17, 15) is 0 Å². The molecule has 2 aromatic heterocycles. The molecule has 0 bridgehead atoms. The lowest BCUT2D eigenvalue weighted by molar-refractivity contribution is 0.795. The van der Waals surface area contributed by atoms with Crippen LogP contribution in [0.4, 0.5) is 0 Å². The van der Waals surface area contributed by atoms with E-state index in [2.05, 4.69) is 146 Å². The minimum Gasteiger partial charge on any atom is -0.213 e. The van der Waals surface area contributed by atoms with Crippen molar-refractivity contribution < 1.29 is 0 Å². The fourth-order valence-electron chi connectivity index (χ4n) is 7.65. The molecule has 0 amide bonds. The standard InChI is InChI=1S/C45H31N3S/c1-2-10-28(11-3-1)35-15-8-9-17-39(35)45-47-43(32-21-23-36-31(26-32)19-18-29-12-4-6-14-34(29)36)46-44(48-45)33-22-25-41-40(27-33)38-24-20-30-13-5-7-16-37(30)42(38)49-41/h1-8,10-16,18-20,22-27,32H,9,17,21H2. The van der Waals surface area contributed by atoms with E-state index in [0.29, 0.717) is 0 Å². The Labute approximate surface area is 288 Å². The van der Waals surface area contributed by atoms with Crippen LogP contribution in [0.15, 0.2) is 133 Å². The summed E-state index contributed by atoms with van der Waals surface area (Å²) in [6.45, 7) is 0. The number of aromatic nitrogens is 3. The monoisotopic (exact) mass is 645 g/mol.